The number of nitrogens with one attached hydrogen (secondary N) is 1. The molecule has 0 amide bonds. The van der Waals surface area contributed by atoms with E-state index in [4.69, 9.17) is 0 Å². The average Bonchev–Trinajstić information content (AvgIpc) is 2.93. The topological polar surface area (TPSA) is 32.3 Å². The molecule has 0 bridgehead atoms. The number of hydrogen-bond acceptors (Lipinski definition) is 3. The van der Waals surface area contributed by atoms with Gasteiger partial charge in [0.2, 0.25) is 0 Å². The second-order valence-corrected chi connectivity index (χ2v) is 5.42. The molecule has 1 heterocycles. The van der Waals surface area contributed by atoms with Crippen molar-refractivity contribution < 1.29 is 5.11 Å². The van der Waals surface area contributed by atoms with Crippen molar-refractivity contribution in [2.45, 2.75) is 25.0 Å². The Morgan fingerprint density at radius 2 is 1.94 bits per heavy atom. The van der Waals surface area contributed by atoms with E-state index in [2.05, 4.69) is 29.6 Å². The largest absolute Gasteiger partial charge is 0.388 e. The van der Waals surface area contributed by atoms with E-state index < -0.39 is 0 Å². The SMILES string of the molecule is CNC(Cc1ccccc1)CC(O)c1cccs1. The Morgan fingerprint density at radius 1 is 1.17 bits per heavy atom. The van der Waals surface area contributed by atoms with Crippen LogP contribution in [0.5, 0.6) is 0 Å². The van der Waals surface area contributed by atoms with Crippen LogP contribution in [0.4, 0.5) is 0 Å². The van der Waals surface area contributed by atoms with Crippen molar-refractivity contribution in [2.24, 2.45) is 0 Å². The van der Waals surface area contributed by atoms with Gasteiger partial charge in [-0.1, -0.05) is 36.4 Å². The second kappa shape index (κ2) is 6.69. The Kier molecular flexibility index (Phi) is 4.93. The Bertz CT molecular complexity index is 441. The van der Waals surface area contributed by atoms with Gasteiger partial charge in [0.25, 0.3) is 0 Å². The van der Waals surface area contributed by atoms with Gasteiger partial charge in [0.15, 0.2) is 0 Å². The van der Waals surface area contributed by atoms with E-state index in [1.165, 1.54) is 5.56 Å². The van der Waals surface area contributed by atoms with E-state index in [1.54, 1.807) is 11.3 Å². The maximum absolute atomic E-state index is 10.2. The summed E-state index contributed by atoms with van der Waals surface area (Å²) in [5, 5.41) is 15.5. The molecule has 2 N–H and O–H groups in total. The number of thiophene rings is 1. The molecule has 0 fully saturated rings. The van der Waals surface area contributed by atoms with Crippen molar-refractivity contribution in [3.05, 3.63) is 58.3 Å². The molecule has 2 rings (SSSR count). The third-order valence-electron chi connectivity index (χ3n) is 3.11. The molecule has 2 aromatic rings. The summed E-state index contributed by atoms with van der Waals surface area (Å²) in [5.41, 5.74) is 1.30. The van der Waals surface area contributed by atoms with Gasteiger partial charge in [-0.3, -0.25) is 0 Å². The Labute approximate surface area is 112 Å². The summed E-state index contributed by atoms with van der Waals surface area (Å²) in [4.78, 5) is 1.04. The number of hydrogen-bond donors (Lipinski definition) is 2. The second-order valence-electron chi connectivity index (χ2n) is 4.44. The van der Waals surface area contributed by atoms with E-state index >= 15 is 0 Å². The summed E-state index contributed by atoms with van der Waals surface area (Å²) in [6.07, 6.45) is 1.32. The highest BCUT2D eigenvalue weighted by Crippen LogP contribution is 2.23. The van der Waals surface area contributed by atoms with Crippen LogP contribution in [0.2, 0.25) is 0 Å². The molecule has 1 aromatic carbocycles. The number of benzene rings is 1. The first kappa shape index (κ1) is 13.3. The van der Waals surface area contributed by atoms with Crippen molar-refractivity contribution in [3.8, 4) is 0 Å². The fourth-order valence-electron chi connectivity index (χ4n) is 2.07. The summed E-state index contributed by atoms with van der Waals surface area (Å²) in [6, 6.07) is 14.7. The Hall–Kier alpha value is -1.16. The van der Waals surface area contributed by atoms with Crippen LogP contribution in [0.15, 0.2) is 47.8 Å². The standard InChI is InChI=1S/C15H19NOS/c1-16-13(10-12-6-3-2-4-7-12)11-14(17)15-8-5-9-18-15/h2-9,13-14,16-17H,10-11H2,1H3. The zero-order valence-corrected chi connectivity index (χ0v) is 11.4. The van der Waals surface area contributed by atoms with E-state index in [9.17, 15) is 5.11 Å². The number of likely N-dealkylation sites (N-methyl/N-ethyl adjacent to an activating group) is 1. The molecule has 18 heavy (non-hydrogen) atoms. The highest BCUT2D eigenvalue weighted by atomic mass is 32.1. The van der Waals surface area contributed by atoms with Crippen LogP contribution in [0, 0.1) is 0 Å². The first-order valence-corrected chi connectivity index (χ1v) is 7.10. The summed E-state index contributed by atoms with van der Waals surface area (Å²) < 4.78 is 0. The molecule has 0 aliphatic heterocycles. The predicted octanol–water partition coefficient (Wildman–Crippen LogP) is 3.00. The lowest BCUT2D eigenvalue weighted by Crippen LogP contribution is -2.29. The van der Waals surface area contributed by atoms with E-state index in [0.29, 0.717) is 6.04 Å². The summed E-state index contributed by atoms with van der Waals surface area (Å²) >= 11 is 1.61. The molecule has 3 heteroatoms. The van der Waals surface area contributed by atoms with Crippen molar-refractivity contribution in [1.29, 1.82) is 0 Å². The third-order valence-corrected chi connectivity index (χ3v) is 4.09. The quantitative estimate of drug-likeness (QED) is 0.838. The summed E-state index contributed by atoms with van der Waals surface area (Å²) in [5.74, 6) is 0. The third kappa shape index (κ3) is 3.67. The Balaban J connectivity index is 1.93. The molecule has 0 aliphatic rings. The zero-order chi connectivity index (χ0) is 12.8. The van der Waals surface area contributed by atoms with E-state index in [-0.39, 0.29) is 6.10 Å². The van der Waals surface area contributed by atoms with Crippen LogP contribution in [0.1, 0.15) is 23.0 Å². The van der Waals surface area contributed by atoms with Gasteiger partial charge >= 0.3 is 0 Å². The molecule has 2 atom stereocenters. The van der Waals surface area contributed by atoms with Gasteiger partial charge in [0.05, 0.1) is 6.10 Å². The highest BCUT2D eigenvalue weighted by molar-refractivity contribution is 7.10. The molecule has 2 unspecified atom stereocenters. The lowest BCUT2D eigenvalue weighted by atomic mass is 10.00. The molecular weight excluding hydrogens is 242 g/mol. The molecule has 0 aliphatic carbocycles. The van der Waals surface area contributed by atoms with Gasteiger partial charge < -0.3 is 10.4 Å². The van der Waals surface area contributed by atoms with Gasteiger partial charge in [-0.05, 0) is 36.9 Å². The first-order valence-electron chi connectivity index (χ1n) is 6.22. The van der Waals surface area contributed by atoms with Gasteiger partial charge in [-0.25, -0.2) is 0 Å². The molecule has 1 aromatic heterocycles. The summed E-state index contributed by atoms with van der Waals surface area (Å²) in [7, 11) is 1.95. The van der Waals surface area contributed by atoms with Crippen molar-refractivity contribution in [2.75, 3.05) is 7.05 Å². The number of rotatable bonds is 6. The fourth-order valence-corrected chi connectivity index (χ4v) is 2.79. The molecule has 0 saturated heterocycles. The molecule has 0 radical (unpaired) electrons. The van der Waals surface area contributed by atoms with E-state index in [0.717, 1.165) is 17.7 Å². The fraction of sp³-hybridized carbons (Fsp3) is 0.333. The monoisotopic (exact) mass is 261 g/mol. The number of aliphatic hydroxyl groups excluding tert-OH is 1. The zero-order valence-electron chi connectivity index (χ0n) is 10.5. The van der Waals surface area contributed by atoms with Crippen molar-refractivity contribution in [1.82, 2.24) is 5.32 Å². The lowest BCUT2D eigenvalue weighted by Gasteiger charge is -2.19. The molecule has 0 spiro atoms. The van der Waals surface area contributed by atoms with Crippen LogP contribution in [-0.4, -0.2) is 18.2 Å². The minimum atomic E-state index is -0.369. The van der Waals surface area contributed by atoms with Gasteiger partial charge in [0, 0.05) is 10.9 Å². The number of aliphatic hydroxyl groups is 1. The van der Waals surface area contributed by atoms with Gasteiger partial charge in [-0.15, -0.1) is 11.3 Å². The highest BCUT2D eigenvalue weighted by Gasteiger charge is 2.15. The van der Waals surface area contributed by atoms with Gasteiger partial charge in [-0.2, -0.15) is 0 Å². The van der Waals surface area contributed by atoms with Gasteiger partial charge in [0.1, 0.15) is 0 Å². The lowest BCUT2D eigenvalue weighted by molar-refractivity contribution is 0.156. The smallest absolute Gasteiger partial charge is 0.0896 e. The van der Waals surface area contributed by atoms with E-state index in [1.807, 2.05) is 30.6 Å². The normalized spacial score (nSPS) is 14.3. The van der Waals surface area contributed by atoms with Crippen LogP contribution in [0.25, 0.3) is 0 Å². The molecule has 2 nitrogen and oxygen atoms in total. The minimum Gasteiger partial charge on any atom is -0.388 e. The Morgan fingerprint density at radius 3 is 2.56 bits per heavy atom. The minimum absolute atomic E-state index is 0.296. The molecular formula is C15H19NOS. The van der Waals surface area contributed by atoms with Crippen LogP contribution >= 0.6 is 11.3 Å². The summed E-state index contributed by atoms with van der Waals surface area (Å²) in [6.45, 7) is 0. The molecule has 0 saturated carbocycles. The maximum atomic E-state index is 10.2. The first-order chi connectivity index (χ1) is 8.79. The van der Waals surface area contributed by atoms with Crippen molar-refractivity contribution in [3.63, 3.8) is 0 Å². The van der Waals surface area contributed by atoms with Crippen molar-refractivity contribution >= 4 is 11.3 Å². The van der Waals surface area contributed by atoms with Crippen LogP contribution in [0.3, 0.4) is 0 Å². The predicted molar refractivity (Wildman–Crippen MR) is 76.9 cm³/mol. The van der Waals surface area contributed by atoms with Crippen LogP contribution < -0.4 is 5.32 Å². The average molecular weight is 261 g/mol. The maximum Gasteiger partial charge on any atom is 0.0896 e. The van der Waals surface area contributed by atoms with Crippen LogP contribution in [-0.2, 0) is 6.42 Å². The molecule has 96 valence electrons.